The molecule has 0 radical (unpaired) electrons. The van der Waals surface area contributed by atoms with Crippen LogP contribution in [0.2, 0.25) is 0 Å². The molecule has 1 amide bonds. The number of carbonyl (C=O) groups is 2. The molecule has 1 unspecified atom stereocenters. The third-order valence-corrected chi connectivity index (χ3v) is 2.86. The molecule has 0 aromatic carbocycles. The SMILES string of the molecule is CC(C(=O)O)N(C)C(=O)C=CCN1CCC1. The number of carboxylic acid groups (broad SMARTS) is 1. The van der Waals surface area contributed by atoms with Crippen LogP contribution in [0.15, 0.2) is 12.2 Å². The monoisotopic (exact) mass is 226 g/mol. The predicted octanol–water partition coefficient (Wildman–Crippen LogP) is 0.180. The zero-order valence-electron chi connectivity index (χ0n) is 9.72. The van der Waals surface area contributed by atoms with E-state index in [1.807, 2.05) is 0 Å². The Morgan fingerprint density at radius 3 is 2.56 bits per heavy atom. The van der Waals surface area contributed by atoms with Crippen LogP contribution >= 0.6 is 0 Å². The Hall–Kier alpha value is -1.36. The number of rotatable bonds is 5. The Balaban J connectivity index is 2.34. The maximum atomic E-state index is 11.5. The Morgan fingerprint density at radius 1 is 1.50 bits per heavy atom. The fourth-order valence-electron chi connectivity index (χ4n) is 1.34. The van der Waals surface area contributed by atoms with Crippen molar-refractivity contribution in [3.05, 3.63) is 12.2 Å². The molecule has 1 N–H and O–H groups in total. The number of aliphatic carboxylic acids is 1. The van der Waals surface area contributed by atoms with Crippen LogP contribution in [0, 0.1) is 0 Å². The zero-order chi connectivity index (χ0) is 12.1. The van der Waals surface area contributed by atoms with Gasteiger partial charge in [0.2, 0.25) is 5.91 Å². The van der Waals surface area contributed by atoms with Gasteiger partial charge in [0.25, 0.3) is 0 Å². The molecule has 5 nitrogen and oxygen atoms in total. The van der Waals surface area contributed by atoms with E-state index >= 15 is 0 Å². The first-order chi connectivity index (χ1) is 7.52. The molecule has 0 aromatic heterocycles. The highest BCUT2D eigenvalue weighted by Gasteiger charge is 2.19. The third kappa shape index (κ3) is 3.34. The Labute approximate surface area is 95.3 Å². The molecule has 5 heteroatoms. The van der Waals surface area contributed by atoms with E-state index in [9.17, 15) is 9.59 Å². The lowest BCUT2D eigenvalue weighted by molar-refractivity contribution is -0.146. The van der Waals surface area contributed by atoms with Crippen LogP contribution in [0.4, 0.5) is 0 Å². The number of likely N-dealkylation sites (tertiary alicyclic amines) is 1. The van der Waals surface area contributed by atoms with Crippen molar-refractivity contribution in [1.29, 1.82) is 0 Å². The highest BCUT2D eigenvalue weighted by Crippen LogP contribution is 2.04. The predicted molar refractivity (Wildman–Crippen MR) is 60.1 cm³/mol. The van der Waals surface area contributed by atoms with Gasteiger partial charge in [0.1, 0.15) is 6.04 Å². The molecular weight excluding hydrogens is 208 g/mol. The molecule has 0 aliphatic carbocycles. The van der Waals surface area contributed by atoms with Gasteiger partial charge < -0.3 is 10.0 Å². The lowest BCUT2D eigenvalue weighted by atomic mass is 10.2. The van der Waals surface area contributed by atoms with E-state index in [1.165, 1.54) is 31.4 Å². The van der Waals surface area contributed by atoms with E-state index in [1.54, 1.807) is 6.08 Å². The van der Waals surface area contributed by atoms with Crippen molar-refractivity contribution < 1.29 is 14.7 Å². The van der Waals surface area contributed by atoms with Crippen molar-refractivity contribution in [2.75, 3.05) is 26.7 Å². The molecule has 1 aliphatic heterocycles. The maximum Gasteiger partial charge on any atom is 0.326 e. The second kappa shape index (κ2) is 5.65. The van der Waals surface area contributed by atoms with Crippen molar-refractivity contribution in [3.63, 3.8) is 0 Å². The molecule has 1 heterocycles. The van der Waals surface area contributed by atoms with Crippen molar-refractivity contribution in [2.24, 2.45) is 0 Å². The standard InChI is InChI=1S/C11H18N2O3/c1-9(11(15)16)12(2)10(14)5-3-6-13-7-4-8-13/h3,5,9H,4,6-8H2,1-2H3,(H,15,16). The second-order valence-corrected chi connectivity index (χ2v) is 4.02. The van der Waals surface area contributed by atoms with Crippen LogP contribution in [0.5, 0.6) is 0 Å². The number of nitrogens with zero attached hydrogens (tertiary/aromatic N) is 2. The van der Waals surface area contributed by atoms with Crippen LogP contribution in [0.3, 0.4) is 0 Å². The van der Waals surface area contributed by atoms with Crippen molar-refractivity contribution in [2.45, 2.75) is 19.4 Å². The molecule has 1 rings (SSSR count). The first kappa shape index (κ1) is 12.7. The van der Waals surface area contributed by atoms with E-state index in [0.717, 1.165) is 19.6 Å². The van der Waals surface area contributed by atoms with E-state index in [0.29, 0.717) is 0 Å². The summed E-state index contributed by atoms with van der Waals surface area (Å²) in [6, 6.07) is -0.791. The summed E-state index contributed by atoms with van der Waals surface area (Å²) >= 11 is 0. The third-order valence-electron chi connectivity index (χ3n) is 2.86. The Bertz CT molecular complexity index is 298. The summed E-state index contributed by atoms with van der Waals surface area (Å²) in [5.41, 5.74) is 0. The molecular formula is C11H18N2O3. The zero-order valence-corrected chi connectivity index (χ0v) is 9.72. The quantitative estimate of drug-likeness (QED) is 0.679. The number of hydrogen-bond acceptors (Lipinski definition) is 3. The molecule has 0 aromatic rings. The van der Waals surface area contributed by atoms with Crippen LogP contribution in [-0.2, 0) is 9.59 Å². The average molecular weight is 226 g/mol. The van der Waals surface area contributed by atoms with E-state index in [4.69, 9.17) is 5.11 Å². The molecule has 1 atom stereocenters. The lowest BCUT2D eigenvalue weighted by Crippen LogP contribution is -2.40. The van der Waals surface area contributed by atoms with Crippen molar-refractivity contribution >= 4 is 11.9 Å². The Kier molecular flexibility index (Phi) is 4.49. The van der Waals surface area contributed by atoms with Gasteiger partial charge in [-0.15, -0.1) is 0 Å². The summed E-state index contributed by atoms with van der Waals surface area (Å²) in [6.45, 7) is 4.42. The molecule has 1 fully saturated rings. The molecule has 1 aliphatic rings. The second-order valence-electron chi connectivity index (χ2n) is 4.02. The van der Waals surface area contributed by atoms with E-state index in [2.05, 4.69) is 4.90 Å². The summed E-state index contributed by atoms with van der Waals surface area (Å²) in [4.78, 5) is 25.6. The highest BCUT2D eigenvalue weighted by molar-refractivity contribution is 5.90. The summed E-state index contributed by atoms with van der Waals surface area (Å²) in [5, 5.41) is 8.74. The first-order valence-corrected chi connectivity index (χ1v) is 5.41. The fourth-order valence-corrected chi connectivity index (χ4v) is 1.34. The number of likely N-dealkylation sites (N-methyl/N-ethyl adjacent to an activating group) is 1. The first-order valence-electron chi connectivity index (χ1n) is 5.41. The van der Waals surface area contributed by atoms with Crippen LogP contribution in [-0.4, -0.2) is 59.5 Å². The molecule has 90 valence electrons. The number of hydrogen-bond donors (Lipinski definition) is 1. The van der Waals surface area contributed by atoms with Crippen LogP contribution in [0.1, 0.15) is 13.3 Å². The van der Waals surface area contributed by atoms with Gasteiger partial charge in [0.05, 0.1) is 0 Å². The number of carbonyl (C=O) groups excluding carboxylic acids is 1. The maximum absolute atomic E-state index is 11.5. The van der Waals surface area contributed by atoms with Gasteiger partial charge in [0.15, 0.2) is 0 Å². The van der Waals surface area contributed by atoms with Gasteiger partial charge in [-0.25, -0.2) is 4.79 Å². The minimum Gasteiger partial charge on any atom is -0.480 e. The molecule has 0 spiro atoms. The Morgan fingerprint density at radius 2 is 2.12 bits per heavy atom. The summed E-state index contributed by atoms with van der Waals surface area (Å²) in [6.07, 6.45) is 4.45. The average Bonchev–Trinajstić information content (AvgIpc) is 2.18. The molecule has 1 saturated heterocycles. The fraction of sp³-hybridized carbons (Fsp3) is 0.636. The van der Waals surface area contributed by atoms with Crippen LogP contribution in [0.25, 0.3) is 0 Å². The summed E-state index contributed by atoms with van der Waals surface area (Å²) in [7, 11) is 1.50. The largest absolute Gasteiger partial charge is 0.480 e. The number of carboxylic acids is 1. The van der Waals surface area contributed by atoms with E-state index in [-0.39, 0.29) is 5.91 Å². The highest BCUT2D eigenvalue weighted by atomic mass is 16.4. The van der Waals surface area contributed by atoms with Gasteiger partial charge in [-0.05, 0) is 26.4 Å². The van der Waals surface area contributed by atoms with Gasteiger partial charge in [-0.3, -0.25) is 9.69 Å². The minimum absolute atomic E-state index is 0.268. The smallest absolute Gasteiger partial charge is 0.326 e. The number of amides is 1. The summed E-state index contributed by atoms with van der Waals surface area (Å²) in [5.74, 6) is -1.26. The minimum atomic E-state index is -0.994. The topological polar surface area (TPSA) is 60.9 Å². The normalized spacial score (nSPS) is 18.1. The van der Waals surface area contributed by atoms with Gasteiger partial charge in [-0.2, -0.15) is 0 Å². The molecule has 0 saturated carbocycles. The van der Waals surface area contributed by atoms with Gasteiger partial charge in [-0.1, -0.05) is 6.08 Å². The van der Waals surface area contributed by atoms with E-state index < -0.39 is 12.0 Å². The van der Waals surface area contributed by atoms with Crippen molar-refractivity contribution in [1.82, 2.24) is 9.80 Å². The molecule has 16 heavy (non-hydrogen) atoms. The summed E-state index contributed by atoms with van der Waals surface area (Å²) < 4.78 is 0. The van der Waals surface area contributed by atoms with Crippen LogP contribution < -0.4 is 0 Å². The lowest BCUT2D eigenvalue weighted by Gasteiger charge is -2.29. The van der Waals surface area contributed by atoms with Crippen molar-refractivity contribution in [3.8, 4) is 0 Å². The molecule has 0 bridgehead atoms. The van der Waals surface area contributed by atoms with Gasteiger partial charge >= 0.3 is 5.97 Å². The van der Waals surface area contributed by atoms with Gasteiger partial charge in [0, 0.05) is 19.7 Å².